The average molecular weight is 301 g/mol. The molecule has 1 heterocycles. The maximum absolute atomic E-state index is 11.8. The molecule has 0 aliphatic rings. The quantitative estimate of drug-likeness (QED) is 0.814. The Morgan fingerprint density at radius 3 is 2.82 bits per heavy atom. The molecule has 5 nitrogen and oxygen atoms in total. The number of carbonyl (C=O) groups is 1. The Kier molecular flexibility index (Phi) is 6.15. The normalized spacial score (nSPS) is 10.9. The summed E-state index contributed by atoms with van der Waals surface area (Å²) in [5.74, 6) is 0.422. The molecule has 1 N–H and O–H groups in total. The Hall–Kier alpha value is -2.14. The van der Waals surface area contributed by atoms with Crippen LogP contribution in [-0.2, 0) is 29.2 Å². The molecule has 0 aliphatic heterocycles. The molecule has 0 aliphatic carbocycles. The van der Waals surface area contributed by atoms with Crippen molar-refractivity contribution >= 4 is 5.91 Å². The van der Waals surface area contributed by atoms with Crippen molar-refractivity contribution < 1.29 is 9.53 Å². The molecule has 0 radical (unpaired) electrons. The fourth-order valence-corrected chi connectivity index (χ4v) is 2.13. The summed E-state index contributed by atoms with van der Waals surface area (Å²) < 4.78 is 7.48. The molecule has 0 bridgehead atoms. The average Bonchev–Trinajstić information content (AvgIpc) is 2.93. The summed E-state index contributed by atoms with van der Waals surface area (Å²) in [6.45, 7) is 6.18. The third-order valence-corrected chi connectivity index (χ3v) is 3.17. The molecule has 1 amide bonds. The van der Waals surface area contributed by atoms with E-state index in [1.54, 1.807) is 12.5 Å². The minimum Gasteiger partial charge on any atom is -0.367 e. The monoisotopic (exact) mass is 301 g/mol. The fourth-order valence-electron chi connectivity index (χ4n) is 2.13. The number of benzene rings is 1. The van der Waals surface area contributed by atoms with Crippen LogP contribution in [0.2, 0.25) is 0 Å². The summed E-state index contributed by atoms with van der Waals surface area (Å²) in [5, 5.41) is 2.86. The molecule has 0 unspecified atom stereocenters. The maximum Gasteiger partial charge on any atom is 0.246 e. The largest absolute Gasteiger partial charge is 0.367 e. The van der Waals surface area contributed by atoms with E-state index in [1.807, 2.05) is 30.3 Å². The van der Waals surface area contributed by atoms with Crippen molar-refractivity contribution in [3.8, 4) is 0 Å². The Labute approximate surface area is 131 Å². The van der Waals surface area contributed by atoms with Gasteiger partial charge in [-0.05, 0) is 11.5 Å². The number of carbonyl (C=O) groups excluding carboxylic acids is 1. The van der Waals surface area contributed by atoms with Gasteiger partial charge in [-0.15, -0.1) is 0 Å². The van der Waals surface area contributed by atoms with Gasteiger partial charge in [0, 0.05) is 12.7 Å². The van der Waals surface area contributed by atoms with Crippen molar-refractivity contribution in [1.82, 2.24) is 14.9 Å². The summed E-state index contributed by atoms with van der Waals surface area (Å²) in [7, 11) is 0. The van der Waals surface area contributed by atoms with Crippen LogP contribution in [0.5, 0.6) is 0 Å². The second-order valence-corrected chi connectivity index (χ2v) is 5.69. The third-order valence-electron chi connectivity index (χ3n) is 3.17. The van der Waals surface area contributed by atoms with E-state index in [2.05, 4.69) is 28.7 Å². The molecule has 0 spiro atoms. The number of hydrogen-bond donors (Lipinski definition) is 1. The molecule has 1 aromatic heterocycles. The third kappa shape index (κ3) is 5.33. The minimum atomic E-state index is -0.117. The van der Waals surface area contributed by atoms with Crippen molar-refractivity contribution in [3.63, 3.8) is 0 Å². The smallest absolute Gasteiger partial charge is 0.246 e. The van der Waals surface area contributed by atoms with E-state index in [4.69, 9.17) is 4.74 Å². The van der Waals surface area contributed by atoms with Crippen molar-refractivity contribution in [1.29, 1.82) is 0 Å². The van der Waals surface area contributed by atoms with Gasteiger partial charge in [0.25, 0.3) is 0 Å². The molecule has 2 aromatic rings. The van der Waals surface area contributed by atoms with Crippen molar-refractivity contribution in [2.45, 2.75) is 33.5 Å². The van der Waals surface area contributed by atoms with Crippen LogP contribution in [-0.4, -0.2) is 22.1 Å². The molecule has 1 aromatic carbocycles. The first-order valence-corrected chi connectivity index (χ1v) is 7.52. The first-order valence-electron chi connectivity index (χ1n) is 7.52. The Morgan fingerprint density at radius 2 is 2.09 bits per heavy atom. The predicted octanol–water partition coefficient (Wildman–Crippen LogP) is 2.37. The lowest BCUT2D eigenvalue weighted by molar-refractivity contribution is -0.126. The van der Waals surface area contributed by atoms with E-state index in [0.717, 1.165) is 17.8 Å². The number of nitrogens with zero attached hydrogens (tertiary/aromatic N) is 2. The zero-order valence-electron chi connectivity index (χ0n) is 13.2. The van der Waals surface area contributed by atoms with E-state index in [9.17, 15) is 4.79 Å². The highest BCUT2D eigenvalue weighted by Crippen LogP contribution is 2.04. The van der Waals surface area contributed by atoms with Crippen molar-refractivity contribution in [3.05, 3.63) is 54.1 Å². The van der Waals surface area contributed by atoms with Crippen LogP contribution in [0.25, 0.3) is 0 Å². The van der Waals surface area contributed by atoms with Gasteiger partial charge < -0.3 is 14.6 Å². The SMILES string of the molecule is CC(C)Cn1cncc1CNC(=O)COCc1ccccc1. The Morgan fingerprint density at radius 1 is 1.32 bits per heavy atom. The number of nitrogens with one attached hydrogen (secondary N) is 1. The zero-order valence-corrected chi connectivity index (χ0v) is 13.2. The van der Waals surface area contributed by atoms with E-state index >= 15 is 0 Å². The molecular formula is C17H23N3O2. The lowest BCUT2D eigenvalue weighted by atomic mass is 10.2. The van der Waals surface area contributed by atoms with Crippen LogP contribution < -0.4 is 5.32 Å². The molecule has 0 atom stereocenters. The highest BCUT2D eigenvalue weighted by Gasteiger charge is 2.06. The maximum atomic E-state index is 11.8. The van der Waals surface area contributed by atoms with Gasteiger partial charge in [0.2, 0.25) is 5.91 Å². The molecule has 2 rings (SSSR count). The lowest BCUT2D eigenvalue weighted by Gasteiger charge is -2.11. The van der Waals surface area contributed by atoms with Gasteiger partial charge in [0.15, 0.2) is 0 Å². The minimum absolute atomic E-state index is 0.0627. The molecule has 22 heavy (non-hydrogen) atoms. The topological polar surface area (TPSA) is 56.2 Å². The molecule has 5 heteroatoms. The Bertz CT molecular complexity index is 579. The zero-order chi connectivity index (χ0) is 15.8. The summed E-state index contributed by atoms with van der Waals surface area (Å²) in [4.78, 5) is 15.9. The first-order chi connectivity index (χ1) is 10.6. The Balaban J connectivity index is 1.70. The van der Waals surface area contributed by atoms with Crippen LogP contribution >= 0.6 is 0 Å². The highest BCUT2D eigenvalue weighted by atomic mass is 16.5. The van der Waals surface area contributed by atoms with Gasteiger partial charge in [-0.1, -0.05) is 44.2 Å². The van der Waals surface area contributed by atoms with Gasteiger partial charge in [0.05, 0.1) is 25.2 Å². The second-order valence-electron chi connectivity index (χ2n) is 5.69. The fraction of sp³-hybridized carbons (Fsp3) is 0.412. The molecule has 118 valence electrons. The highest BCUT2D eigenvalue weighted by molar-refractivity contribution is 5.77. The van der Waals surface area contributed by atoms with Gasteiger partial charge in [0.1, 0.15) is 6.61 Å². The van der Waals surface area contributed by atoms with Crippen LogP contribution in [0, 0.1) is 5.92 Å². The standard InChI is InChI=1S/C17H23N3O2/c1-14(2)10-20-13-18-8-16(20)9-19-17(21)12-22-11-15-6-4-3-5-7-15/h3-8,13-14H,9-12H2,1-2H3,(H,19,21). The van der Waals surface area contributed by atoms with Gasteiger partial charge >= 0.3 is 0 Å². The van der Waals surface area contributed by atoms with E-state index in [-0.39, 0.29) is 12.5 Å². The number of ether oxygens (including phenoxy) is 1. The summed E-state index contributed by atoms with van der Waals surface area (Å²) >= 11 is 0. The van der Waals surface area contributed by atoms with Gasteiger partial charge in [-0.3, -0.25) is 4.79 Å². The number of amides is 1. The number of hydrogen-bond acceptors (Lipinski definition) is 3. The van der Waals surface area contributed by atoms with Gasteiger partial charge in [-0.25, -0.2) is 4.98 Å². The van der Waals surface area contributed by atoms with E-state index in [0.29, 0.717) is 19.1 Å². The first kappa shape index (κ1) is 16.2. The molecule has 0 saturated heterocycles. The van der Waals surface area contributed by atoms with E-state index < -0.39 is 0 Å². The van der Waals surface area contributed by atoms with Crippen molar-refractivity contribution in [2.24, 2.45) is 5.92 Å². The number of aromatic nitrogens is 2. The summed E-state index contributed by atoms with van der Waals surface area (Å²) in [6, 6.07) is 9.81. The number of imidazole rings is 1. The summed E-state index contributed by atoms with van der Waals surface area (Å²) in [6.07, 6.45) is 3.58. The predicted molar refractivity (Wildman–Crippen MR) is 85.0 cm³/mol. The van der Waals surface area contributed by atoms with Crippen LogP contribution in [0.15, 0.2) is 42.9 Å². The molecular weight excluding hydrogens is 278 g/mol. The summed E-state index contributed by atoms with van der Waals surface area (Å²) in [5.41, 5.74) is 2.07. The number of rotatable bonds is 8. The van der Waals surface area contributed by atoms with Crippen LogP contribution in [0.3, 0.4) is 0 Å². The van der Waals surface area contributed by atoms with Gasteiger partial charge in [-0.2, -0.15) is 0 Å². The van der Waals surface area contributed by atoms with Crippen molar-refractivity contribution in [2.75, 3.05) is 6.61 Å². The lowest BCUT2D eigenvalue weighted by Crippen LogP contribution is -2.28. The molecule has 0 saturated carbocycles. The second kappa shape index (κ2) is 8.34. The molecule has 0 fully saturated rings. The van der Waals surface area contributed by atoms with Crippen LogP contribution in [0.4, 0.5) is 0 Å². The van der Waals surface area contributed by atoms with E-state index in [1.165, 1.54) is 0 Å². The van der Waals surface area contributed by atoms with Crippen LogP contribution in [0.1, 0.15) is 25.1 Å².